The van der Waals surface area contributed by atoms with E-state index >= 15 is 0 Å². The summed E-state index contributed by atoms with van der Waals surface area (Å²) in [5.41, 5.74) is 1.02. The summed E-state index contributed by atoms with van der Waals surface area (Å²) >= 11 is 0. The molecule has 0 fully saturated rings. The van der Waals surface area contributed by atoms with Crippen molar-refractivity contribution in [2.75, 3.05) is 25.5 Å². The summed E-state index contributed by atoms with van der Waals surface area (Å²) < 4.78 is 31.8. The lowest BCUT2D eigenvalue weighted by molar-refractivity contribution is -0.885. The Kier molecular flexibility index (Phi) is 6.65. The van der Waals surface area contributed by atoms with Gasteiger partial charge in [-0.2, -0.15) is 0 Å². The van der Waals surface area contributed by atoms with Crippen LogP contribution in [0.5, 0.6) is 5.75 Å². The molecule has 0 saturated heterocycles. The first kappa shape index (κ1) is 18.6. The molecule has 0 heterocycles. The molecule has 2 aromatic carbocycles. The number of benzene rings is 2. The fourth-order valence-electron chi connectivity index (χ4n) is 2.33. The van der Waals surface area contributed by atoms with Gasteiger partial charge in [0.1, 0.15) is 30.5 Å². The monoisotopic (exact) mass is 347 g/mol. The average molecular weight is 347 g/mol. The van der Waals surface area contributed by atoms with Gasteiger partial charge in [-0.1, -0.05) is 12.7 Å². The topological polar surface area (TPSA) is 42.8 Å². The Balaban J connectivity index is 1.85. The fourth-order valence-corrected chi connectivity index (χ4v) is 2.33. The first-order valence-electron chi connectivity index (χ1n) is 7.86. The highest BCUT2D eigenvalue weighted by Gasteiger charge is 2.13. The summed E-state index contributed by atoms with van der Waals surface area (Å²) in [5, 5.41) is 2.46. The lowest BCUT2D eigenvalue weighted by Gasteiger charge is -2.14. The van der Waals surface area contributed by atoms with Crippen LogP contribution in [0.25, 0.3) is 0 Å². The Bertz CT molecular complexity index is 733. The van der Waals surface area contributed by atoms with Crippen molar-refractivity contribution in [1.82, 2.24) is 0 Å². The molecule has 6 heteroatoms. The van der Waals surface area contributed by atoms with Crippen molar-refractivity contribution >= 4 is 11.6 Å². The molecular weight excluding hydrogens is 326 g/mol. The lowest BCUT2D eigenvalue weighted by Crippen LogP contribution is -3.08. The zero-order valence-electron chi connectivity index (χ0n) is 14.0. The van der Waals surface area contributed by atoms with Crippen LogP contribution < -0.4 is 15.0 Å². The molecule has 2 N–H and O–H groups in total. The normalized spacial score (nSPS) is 11.6. The minimum atomic E-state index is -0.791. The van der Waals surface area contributed by atoms with Crippen molar-refractivity contribution in [1.29, 1.82) is 0 Å². The van der Waals surface area contributed by atoms with Gasteiger partial charge < -0.3 is 15.0 Å². The van der Waals surface area contributed by atoms with Gasteiger partial charge in [0.15, 0.2) is 6.54 Å². The molecule has 0 aliphatic carbocycles. The summed E-state index contributed by atoms with van der Waals surface area (Å²) in [7, 11) is 1.86. The molecule has 0 radical (unpaired) electrons. The van der Waals surface area contributed by atoms with Gasteiger partial charge in [0.05, 0.1) is 12.7 Å². The van der Waals surface area contributed by atoms with Crippen LogP contribution in [0.3, 0.4) is 0 Å². The lowest BCUT2D eigenvalue weighted by atomic mass is 10.2. The third-order valence-electron chi connectivity index (χ3n) is 3.46. The third kappa shape index (κ3) is 6.00. The number of nitrogens with one attached hydrogen (secondary N) is 2. The van der Waals surface area contributed by atoms with Gasteiger partial charge in [-0.15, -0.1) is 0 Å². The van der Waals surface area contributed by atoms with Crippen LogP contribution in [0, 0.1) is 11.6 Å². The van der Waals surface area contributed by atoms with Crippen molar-refractivity contribution in [3.8, 4) is 5.75 Å². The minimum Gasteiger partial charge on any atom is -0.490 e. The number of carbonyl (C=O) groups is 1. The highest BCUT2D eigenvalue weighted by Crippen LogP contribution is 2.14. The van der Waals surface area contributed by atoms with Crippen LogP contribution in [0.2, 0.25) is 0 Å². The second-order valence-electron chi connectivity index (χ2n) is 5.73. The molecule has 1 atom stereocenters. The molecule has 2 rings (SSSR count). The number of halogens is 2. The smallest absolute Gasteiger partial charge is 0.279 e. The van der Waals surface area contributed by atoms with Gasteiger partial charge in [0.2, 0.25) is 0 Å². The largest absolute Gasteiger partial charge is 0.490 e. The quantitative estimate of drug-likeness (QED) is 0.719. The van der Waals surface area contributed by atoms with E-state index in [4.69, 9.17) is 4.74 Å². The number of anilines is 1. The molecule has 1 unspecified atom stereocenters. The second-order valence-corrected chi connectivity index (χ2v) is 5.73. The van der Waals surface area contributed by atoms with Crippen molar-refractivity contribution in [3.05, 3.63) is 72.3 Å². The Labute approximate surface area is 145 Å². The maximum absolute atomic E-state index is 13.5. The molecule has 0 bridgehead atoms. The van der Waals surface area contributed by atoms with E-state index in [2.05, 4.69) is 11.9 Å². The summed E-state index contributed by atoms with van der Waals surface area (Å²) in [5.74, 6) is -1.06. The average Bonchev–Trinajstić information content (AvgIpc) is 2.56. The van der Waals surface area contributed by atoms with E-state index in [1.54, 1.807) is 6.08 Å². The molecular formula is C19H21F2N2O2+. The Morgan fingerprint density at radius 1 is 1.24 bits per heavy atom. The number of quaternary nitrogens is 1. The van der Waals surface area contributed by atoms with E-state index in [1.807, 2.05) is 31.3 Å². The Morgan fingerprint density at radius 3 is 2.60 bits per heavy atom. The highest BCUT2D eigenvalue weighted by molar-refractivity contribution is 5.91. The second kappa shape index (κ2) is 8.94. The van der Waals surface area contributed by atoms with Gasteiger partial charge in [0, 0.05) is 11.6 Å². The molecule has 4 nitrogen and oxygen atoms in total. The predicted octanol–water partition coefficient (Wildman–Crippen LogP) is 2.18. The maximum Gasteiger partial charge on any atom is 0.279 e. The summed E-state index contributed by atoms with van der Waals surface area (Å²) in [6.07, 6.45) is 1.68. The number of ether oxygens (including phenoxy) is 1. The van der Waals surface area contributed by atoms with Gasteiger partial charge in [-0.05, 0) is 36.4 Å². The Hall–Kier alpha value is -2.73. The highest BCUT2D eigenvalue weighted by atomic mass is 19.1. The minimum absolute atomic E-state index is 0.0251. The van der Waals surface area contributed by atoms with Crippen molar-refractivity contribution in [2.45, 2.75) is 6.54 Å². The van der Waals surface area contributed by atoms with Crippen LogP contribution in [0.1, 0.15) is 5.56 Å². The van der Waals surface area contributed by atoms with Crippen LogP contribution in [-0.4, -0.2) is 26.1 Å². The zero-order valence-corrected chi connectivity index (χ0v) is 14.0. The number of amides is 1. The first-order valence-corrected chi connectivity index (χ1v) is 7.86. The van der Waals surface area contributed by atoms with E-state index in [1.165, 1.54) is 6.07 Å². The first-order chi connectivity index (χ1) is 12.0. The predicted molar refractivity (Wildman–Crippen MR) is 92.6 cm³/mol. The number of carbonyl (C=O) groups excluding carboxylic acids is 1. The molecule has 0 aliphatic rings. The van der Waals surface area contributed by atoms with Gasteiger partial charge in [-0.25, -0.2) is 8.78 Å². The summed E-state index contributed by atoms with van der Waals surface area (Å²) in [6, 6.07) is 10.6. The Morgan fingerprint density at radius 2 is 1.96 bits per heavy atom. The van der Waals surface area contributed by atoms with E-state index in [0.29, 0.717) is 13.2 Å². The van der Waals surface area contributed by atoms with Crippen LogP contribution in [-0.2, 0) is 11.3 Å². The van der Waals surface area contributed by atoms with Crippen molar-refractivity contribution < 1.29 is 23.2 Å². The van der Waals surface area contributed by atoms with Gasteiger partial charge in [-0.3, -0.25) is 4.79 Å². The number of hydrogen-bond acceptors (Lipinski definition) is 2. The van der Waals surface area contributed by atoms with E-state index in [-0.39, 0.29) is 18.1 Å². The molecule has 0 aliphatic heterocycles. The van der Waals surface area contributed by atoms with Crippen LogP contribution in [0.4, 0.5) is 14.5 Å². The molecule has 0 saturated carbocycles. The molecule has 2 aromatic rings. The molecule has 25 heavy (non-hydrogen) atoms. The van der Waals surface area contributed by atoms with E-state index < -0.39 is 11.6 Å². The molecule has 132 valence electrons. The van der Waals surface area contributed by atoms with E-state index in [9.17, 15) is 13.6 Å². The van der Waals surface area contributed by atoms with Gasteiger partial charge >= 0.3 is 0 Å². The van der Waals surface area contributed by atoms with Crippen molar-refractivity contribution in [2.24, 2.45) is 0 Å². The summed E-state index contributed by atoms with van der Waals surface area (Å²) in [6.45, 7) is 4.82. The van der Waals surface area contributed by atoms with Crippen LogP contribution >= 0.6 is 0 Å². The summed E-state index contributed by atoms with van der Waals surface area (Å²) in [4.78, 5) is 12.9. The molecule has 1 amide bonds. The fraction of sp³-hybridized carbons (Fsp3) is 0.211. The zero-order chi connectivity index (χ0) is 18.2. The third-order valence-corrected chi connectivity index (χ3v) is 3.46. The molecule has 0 spiro atoms. The van der Waals surface area contributed by atoms with Crippen molar-refractivity contribution in [3.63, 3.8) is 0 Å². The standard InChI is InChI=1S/C19H20F2N2O2/c1-3-10-25-16-7-4-14(5-8-16)12-23(2)13-19(24)22-18-9-6-15(20)11-17(18)21/h3-9,11H,1,10,12-13H2,2H3,(H,22,24)/p+1. The van der Waals surface area contributed by atoms with E-state index in [0.717, 1.165) is 28.3 Å². The maximum atomic E-state index is 13.5. The van der Waals surface area contributed by atoms with Crippen LogP contribution in [0.15, 0.2) is 55.1 Å². The number of likely N-dealkylation sites (N-methyl/N-ethyl adjacent to an activating group) is 1. The number of rotatable bonds is 8. The number of hydrogen-bond donors (Lipinski definition) is 2. The molecule has 0 aromatic heterocycles. The van der Waals surface area contributed by atoms with Gasteiger partial charge in [0.25, 0.3) is 5.91 Å². The SMILES string of the molecule is C=CCOc1ccc(C[NH+](C)CC(=O)Nc2ccc(F)cc2F)cc1.